The van der Waals surface area contributed by atoms with Crippen LogP contribution in [-0.2, 0) is 18.4 Å². The molecule has 0 amide bonds. The first kappa shape index (κ1) is 14.3. The summed E-state index contributed by atoms with van der Waals surface area (Å²) in [6, 6.07) is 6.78. The summed E-state index contributed by atoms with van der Waals surface area (Å²) in [6.07, 6.45) is 2.56. The highest BCUT2D eigenvalue weighted by molar-refractivity contribution is 6.30. The van der Waals surface area contributed by atoms with Gasteiger partial charge in [-0.2, -0.15) is 0 Å². The van der Waals surface area contributed by atoms with E-state index in [2.05, 4.69) is 4.98 Å². The number of ether oxygens (including phenoxy) is 1. The molecule has 1 aromatic heterocycles. The van der Waals surface area contributed by atoms with Gasteiger partial charge >= 0.3 is 0 Å². The Morgan fingerprint density at radius 1 is 1.43 bits per heavy atom. The Kier molecular flexibility index (Phi) is 3.59. The highest BCUT2D eigenvalue weighted by Crippen LogP contribution is 2.36. The molecule has 2 N–H and O–H groups in total. The lowest BCUT2D eigenvalue weighted by Gasteiger charge is -2.25. The Morgan fingerprint density at radius 2 is 2.24 bits per heavy atom. The van der Waals surface area contributed by atoms with Gasteiger partial charge in [0.05, 0.1) is 24.0 Å². The molecular weight excluding hydrogens is 291 g/mol. The van der Waals surface area contributed by atoms with Crippen LogP contribution in [0.4, 0.5) is 4.39 Å². The standard InChI is InChI=1S/C16H16ClFN2O/c1-16(19,14-3-2-13(18)9-20-14)8-11-7-12(17)6-10-4-5-21-15(10)11/h2-3,6-7,9H,4-5,8,19H2,1H3. The molecule has 0 aliphatic carbocycles. The molecule has 1 aromatic carbocycles. The van der Waals surface area contributed by atoms with Crippen molar-refractivity contribution in [1.82, 2.24) is 4.98 Å². The zero-order valence-corrected chi connectivity index (χ0v) is 12.5. The smallest absolute Gasteiger partial charge is 0.141 e. The second-order valence-corrected chi connectivity index (χ2v) is 6.04. The molecule has 1 atom stereocenters. The normalized spacial score (nSPS) is 16.2. The van der Waals surface area contributed by atoms with Crippen molar-refractivity contribution in [2.75, 3.05) is 6.61 Å². The molecule has 5 heteroatoms. The lowest BCUT2D eigenvalue weighted by atomic mass is 9.89. The van der Waals surface area contributed by atoms with Gasteiger partial charge in [-0.25, -0.2) is 4.39 Å². The highest BCUT2D eigenvalue weighted by atomic mass is 35.5. The molecule has 21 heavy (non-hydrogen) atoms. The molecule has 0 saturated heterocycles. The first-order valence-corrected chi connectivity index (χ1v) is 7.18. The van der Waals surface area contributed by atoms with E-state index < -0.39 is 5.54 Å². The summed E-state index contributed by atoms with van der Waals surface area (Å²) in [5.41, 5.74) is 8.37. The predicted octanol–water partition coefficient (Wildman–Crippen LogP) is 3.23. The van der Waals surface area contributed by atoms with E-state index in [1.54, 1.807) is 6.07 Å². The van der Waals surface area contributed by atoms with Crippen LogP contribution >= 0.6 is 11.6 Å². The fourth-order valence-corrected chi connectivity index (χ4v) is 2.94. The molecule has 2 heterocycles. The van der Waals surface area contributed by atoms with Gasteiger partial charge in [0.15, 0.2) is 0 Å². The van der Waals surface area contributed by atoms with Gasteiger partial charge in [-0.05, 0) is 48.7 Å². The van der Waals surface area contributed by atoms with E-state index >= 15 is 0 Å². The van der Waals surface area contributed by atoms with E-state index in [9.17, 15) is 4.39 Å². The molecule has 0 fully saturated rings. The zero-order valence-electron chi connectivity index (χ0n) is 11.7. The fraction of sp³-hybridized carbons (Fsp3) is 0.312. The van der Waals surface area contributed by atoms with Gasteiger partial charge in [0.2, 0.25) is 0 Å². The number of nitrogens with two attached hydrogens (primary N) is 1. The molecule has 0 radical (unpaired) electrons. The maximum absolute atomic E-state index is 13.0. The van der Waals surface area contributed by atoms with E-state index in [4.69, 9.17) is 22.1 Å². The summed E-state index contributed by atoms with van der Waals surface area (Å²) >= 11 is 6.16. The molecule has 3 nitrogen and oxygen atoms in total. The minimum atomic E-state index is -0.724. The number of aromatic nitrogens is 1. The average molecular weight is 307 g/mol. The van der Waals surface area contributed by atoms with Crippen molar-refractivity contribution in [2.24, 2.45) is 5.73 Å². The lowest BCUT2D eigenvalue weighted by molar-refractivity contribution is 0.349. The molecule has 1 unspecified atom stereocenters. The number of hydrogen-bond donors (Lipinski definition) is 1. The Labute approximate surface area is 127 Å². The third-order valence-electron chi connectivity index (χ3n) is 3.70. The first-order chi connectivity index (χ1) is 9.95. The largest absolute Gasteiger partial charge is 0.493 e. The van der Waals surface area contributed by atoms with Crippen LogP contribution in [0, 0.1) is 5.82 Å². The summed E-state index contributed by atoms with van der Waals surface area (Å²) in [5, 5.41) is 0.678. The van der Waals surface area contributed by atoms with Crippen molar-refractivity contribution in [3.05, 3.63) is 58.1 Å². The molecule has 0 bridgehead atoms. The third-order valence-corrected chi connectivity index (χ3v) is 3.91. The van der Waals surface area contributed by atoms with E-state index in [-0.39, 0.29) is 5.82 Å². The quantitative estimate of drug-likeness (QED) is 0.947. The van der Waals surface area contributed by atoms with Gasteiger partial charge in [-0.3, -0.25) is 4.98 Å². The monoisotopic (exact) mass is 306 g/mol. The number of halogens is 2. The van der Waals surface area contributed by atoms with Crippen molar-refractivity contribution >= 4 is 11.6 Å². The van der Waals surface area contributed by atoms with E-state index in [0.717, 1.165) is 23.3 Å². The number of benzene rings is 1. The Balaban J connectivity index is 1.94. The summed E-state index contributed by atoms with van der Waals surface area (Å²) < 4.78 is 18.7. The van der Waals surface area contributed by atoms with Crippen molar-refractivity contribution in [3.63, 3.8) is 0 Å². The molecular formula is C16H16ClFN2O. The van der Waals surface area contributed by atoms with Crippen LogP contribution in [0.25, 0.3) is 0 Å². The van der Waals surface area contributed by atoms with Gasteiger partial charge in [0, 0.05) is 11.4 Å². The topological polar surface area (TPSA) is 48.1 Å². The number of fused-ring (bicyclic) bond motifs is 1. The van der Waals surface area contributed by atoms with Crippen LogP contribution in [-0.4, -0.2) is 11.6 Å². The van der Waals surface area contributed by atoms with Crippen LogP contribution in [0.5, 0.6) is 5.75 Å². The van der Waals surface area contributed by atoms with Gasteiger partial charge in [0.25, 0.3) is 0 Å². The molecule has 1 aliphatic rings. The number of rotatable bonds is 3. The average Bonchev–Trinajstić information content (AvgIpc) is 2.87. The second-order valence-electron chi connectivity index (χ2n) is 5.61. The molecule has 2 aromatic rings. The maximum Gasteiger partial charge on any atom is 0.141 e. The van der Waals surface area contributed by atoms with Gasteiger partial charge < -0.3 is 10.5 Å². The van der Waals surface area contributed by atoms with Crippen LogP contribution in [0.3, 0.4) is 0 Å². The Hall–Kier alpha value is -1.65. The number of pyridine rings is 1. The second kappa shape index (κ2) is 5.28. The fourth-order valence-electron chi connectivity index (χ4n) is 2.68. The van der Waals surface area contributed by atoms with E-state index in [1.807, 2.05) is 19.1 Å². The summed E-state index contributed by atoms with van der Waals surface area (Å²) in [4.78, 5) is 4.09. The summed E-state index contributed by atoms with van der Waals surface area (Å²) in [6.45, 7) is 2.54. The minimum Gasteiger partial charge on any atom is -0.493 e. The van der Waals surface area contributed by atoms with Crippen LogP contribution in [0.2, 0.25) is 5.02 Å². The summed E-state index contributed by atoms with van der Waals surface area (Å²) in [5.74, 6) is 0.500. The Morgan fingerprint density at radius 3 is 2.95 bits per heavy atom. The molecule has 3 rings (SSSR count). The lowest BCUT2D eigenvalue weighted by Crippen LogP contribution is -2.36. The van der Waals surface area contributed by atoms with Crippen molar-refractivity contribution in [2.45, 2.75) is 25.3 Å². The summed E-state index contributed by atoms with van der Waals surface area (Å²) in [7, 11) is 0. The molecule has 1 aliphatic heterocycles. The minimum absolute atomic E-state index is 0.374. The van der Waals surface area contributed by atoms with E-state index in [1.165, 1.54) is 12.3 Å². The van der Waals surface area contributed by atoms with Crippen LogP contribution in [0.1, 0.15) is 23.7 Å². The SMILES string of the molecule is CC(N)(Cc1cc(Cl)cc2c1OCC2)c1ccc(F)cn1. The number of hydrogen-bond acceptors (Lipinski definition) is 3. The van der Waals surface area contributed by atoms with Crippen molar-refractivity contribution in [1.29, 1.82) is 0 Å². The van der Waals surface area contributed by atoms with E-state index in [0.29, 0.717) is 23.7 Å². The molecule has 0 spiro atoms. The van der Waals surface area contributed by atoms with Gasteiger partial charge in [-0.15, -0.1) is 0 Å². The maximum atomic E-state index is 13.0. The number of nitrogens with zero attached hydrogens (tertiary/aromatic N) is 1. The van der Waals surface area contributed by atoms with Crippen molar-refractivity contribution < 1.29 is 9.13 Å². The van der Waals surface area contributed by atoms with Gasteiger partial charge in [-0.1, -0.05) is 11.6 Å². The van der Waals surface area contributed by atoms with Crippen molar-refractivity contribution in [3.8, 4) is 5.75 Å². The van der Waals surface area contributed by atoms with Gasteiger partial charge in [0.1, 0.15) is 11.6 Å². The van der Waals surface area contributed by atoms with Crippen LogP contribution in [0.15, 0.2) is 30.5 Å². The Bertz CT molecular complexity index is 671. The third kappa shape index (κ3) is 2.87. The molecule has 110 valence electrons. The first-order valence-electron chi connectivity index (χ1n) is 6.81. The predicted molar refractivity (Wildman–Crippen MR) is 80.1 cm³/mol. The zero-order chi connectivity index (χ0) is 15.0. The molecule has 0 saturated carbocycles. The highest BCUT2D eigenvalue weighted by Gasteiger charge is 2.27. The van der Waals surface area contributed by atoms with Crippen LogP contribution < -0.4 is 10.5 Å².